The highest BCUT2D eigenvalue weighted by molar-refractivity contribution is 7.87. The minimum Gasteiger partial charge on any atom is -0.247 e. The van der Waals surface area contributed by atoms with Crippen LogP contribution >= 0.6 is 0 Å². The first-order valence-electron chi connectivity index (χ1n) is 2.66. The first kappa shape index (κ1) is 11.3. The summed E-state index contributed by atoms with van der Waals surface area (Å²) in [4.78, 5) is 0. The second-order valence-electron chi connectivity index (χ2n) is 1.80. The monoisotopic (exact) mass is 202 g/mol. The summed E-state index contributed by atoms with van der Waals surface area (Å²) in [6, 6.07) is 0. The van der Waals surface area contributed by atoms with Gasteiger partial charge in [0.2, 0.25) is 0 Å². The number of hydrogen-bond donors (Lipinski definition) is 0. The summed E-state index contributed by atoms with van der Waals surface area (Å²) in [5, 5.41) is 0. The van der Waals surface area contributed by atoms with E-state index in [1.165, 1.54) is 0 Å². The third-order valence-electron chi connectivity index (χ3n) is 0.789. The van der Waals surface area contributed by atoms with Gasteiger partial charge in [-0.2, -0.15) is 21.6 Å². The summed E-state index contributed by atoms with van der Waals surface area (Å²) in [5.74, 6) is 1.69. The van der Waals surface area contributed by atoms with Gasteiger partial charge in [0.05, 0.1) is 0 Å². The van der Waals surface area contributed by atoms with Gasteiger partial charge >= 0.3 is 15.6 Å². The molecule has 1 atom stereocenters. The molecule has 70 valence electrons. The Bertz CT molecular complexity index is 284. The molecule has 1 unspecified atom stereocenters. The molecule has 0 amide bonds. The van der Waals surface area contributed by atoms with Crippen LogP contribution in [0.5, 0.6) is 0 Å². The van der Waals surface area contributed by atoms with Crippen LogP contribution in [-0.4, -0.2) is 20.0 Å². The van der Waals surface area contributed by atoms with Crippen LogP contribution in [0.4, 0.5) is 13.2 Å². The molecule has 3 nitrogen and oxygen atoms in total. The van der Waals surface area contributed by atoms with Crippen LogP contribution in [0, 0.1) is 12.3 Å². The van der Waals surface area contributed by atoms with E-state index in [9.17, 15) is 21.6 Å². The maximum Gasteiger partial charge on any atom is 0.523 e. The van der Waals surface area contributed by atoms with E-state index in [1.54, 1.807) is 5.92 Å². The molecular weight excluding hydrogens is 197 g/mol. The Morgan fingerprint density at radius 3 is 2.17 bits per heavy atom. The number of alkyl halides is 3. The van der Waals surface area contributed by atoms with E-state index in [-0.39, 0.29) is 0 Å². The van der Waals surface area contributed by atoms with Gasteiger partial charge < -0.3 is 0 Å². The van der Waals surface area contributed by atoms with Crippen molar-refractivity contribution < 1.29 is 25.8 Å². The number of terminal acetylenes is 1. The molecule has 7 heteroatoms. The van der Waals surface area contributed by atoms with Crippen LogP contribution in [0.2, 0.25) is 0 Å². The Hall–Kier alpha value is -0.740. The minimum atomic E-state index is -5.55. The Labute approximate surface area is 67.6 Å². The van der Waals surface area contributed by atoms with Gasteiger partial charge in [-0.3, -0.25) is 0 Å². The zero-order valence-electron chi connectivity index (χ0n) is 5.92. The molecule has 0 aromatic carbocycles. The zero-order chi connectivity index (χ0) is 9.99. The normalized spacial score (nSPS) is 15.2. The zero-order valence-corrected chi connectivity index (χ0v) is 6.74. The average Bonchev–Trinajstić information content (AvgIpc) is 1.84. The van der Waals surface area contributed by atoms with Crippen LogP contribution in [0.1, 0.15) is 6.92 Å². The van der Waals surface area contributed by atoms with Gasteiger partial charge in [0.25, 0.3) is 0 Å². The molecule has 0 N–H and O–H groups in total. The van der Waals surface area contributed by atoms with Gasteiger partial charge in [0, 0.05) is 0 Å². The molecule has 0 fully saturated rings. The van der Waals surface area contributed by atoms with Gasteiger partial charge in [0.1, 0.15) is 6.10 Å². The van der Waals surface area contributed by atoms with Gasteiger partial charge in [-0.15, -0.1) is 6.42 Å². The fourth-order valence-corrected chi connectivity index (χ4v) is 0.817. The van der Waals surface area contributed by atoms with Crippen molar-refractivity contribution in [2.45, 2.75) is 18.5 Å². The Morgan fingerprint density at radius 2 is 1.92 bits per heavy atom. The van der Waals surface area contributed by atoms with Crippen LogP contribution in [0.15, 0.2) is 0 Å². The van der Waals surface area contributed by atoms with Gasteiger partial charge in [-0.05, 0) is 6.92 Å². The summed E-state index contributed by atoms with van der Waals surface area (Å²) in [6.45, 7) is 1.02. The highest BCUT2D eigenvalue weighted by atomic mass is 32.2. The van der Waals surface area contributed by atoms with E-state index >= 15 is 0 Å². The topological polar surface area (TPSA) is 43.4 Å². The lowest BCUT2D eigenvalue weighted by atomic mass is 10.4. The Kier molecular flexibility index (Phi) is 3.12. The van der Waals surface area contributed by atoms with Crippen LogP contribution in [0.3, 0.4) is 0 Å². The maximum absolute atomic E-state index is 11.5. The van der Waals surface area contributed by atoms with Crippen molar-refractivity contribution in [2.24, 2.45) is 0 Å². The molecule has 0 heterocycles. The van der Waals surface area contributed by atoms with Crippen molar-refractivity contribution in [2.75, 3.05) is 0 Å². The lowest BCUT2D eigenvalue weighted by Crippen LogP contribution is -2.28. The molecule has 0 aliphatic rings. The smallest absolute Gasteiger partial charge is 0.247 e. The molecule has 0 aliphatic carbocycles. The molecule has 0 radical (unpaired) electrons. The largest absolute Gasteiger partial charge is 0.523 e. The van der Waals surface area contributed by atoms with Crippen LogP contribution in [0.25, 0.3) is 0 Å². The number of rotatable bonds is 2. The highest BCUT2D eigenvalue weighted by Crippen LogP contribution is 2.25. The first-order chi connectivity index (χ1) is 5.20. The van der Waals surface area contributed by atoms with E-state index in [1.807, 2.05) is 0 Å². The summed E-state index contributed by atoms with van der Waals surface area (Å²) in [6.07, 6.45) is 3.20. The average molecular weight is 202 g/mol. The summed E-state index contributed by atoms with van der Waals surface area (Å²) < 4.78 is 58.6. The van der Waals surface area contributed by atoms with Crippen molar-refractivity contribution in [1.82, 2.24) is 0 Å². The molecule has 0 aromatic rings. The molecule has 0 aliphatic heterocycles. The van der Waals surface area contributed by atoms with Crippen molar-refractivity contribution >= 4 is 10.1 Å². The van der Waals surface area contributed by atoms with Crippen molar-refractivity contribution in [3.63, 3.8) is 0 Å². The second-order valence-corrected chi connectivity index (χ2v) is 3.37. The van der Waals surface area contributed by atoms with E-state index in [4.69, 9.17) is 0 Å². The lowest BCUT2D eigenvalue weighted by molar-refractivity contribution is -0.0553. The lowest BCUT2D eigenvalue weighted by Gasteiger charge is -2.09. The van der Waals surface area contributed by atoms with Gasteiger partial charge in [-0.25, -0.2) is 4.18 Å². The van der Waals surface area contributed by atoms with Crippen molar-refractivity contribution in [1.29, 1.82) is 0 Å². The molecule has 12 heavy (non-hydrogen) atoms. The number of hydrogen-bond acceptors (Lipinski definition) is 3. The van der Waals surface area contributed by atoms with E-state index in [0.29, 0.717) is 0 Å². The standard InChI is InChI=1S/C5H5F3O3S/c1-3-4(2)11-12(9,10)5(6,7)8/h1,4H,2H3. The van der Waals surface area contributed by atoms with Crippen LogP contribution in [-0.2, 0) is 14.3 Å². The fraction of sp³-hybridized carbons (Fsp3) is 0.600. The molecule has 0 rings (SSSR count). The SMILES string of the molecule is C#CC(C)OS(=O)(=O)C(F)(F)F. The van der Waals surface area contributed by atoms with Crippen molar-refractivity contribution in [3.05, 3.63) is 0 Å². The van der Waals surface area contributed by atoms with E-state index in [2.05, 4.69) is 10.6 Å². The third kappa shape index (κ3) is 2.71. The predicted octanol–water partition coefficient (Wildman–Crippen LogP) is 0.874. The highest BCUT2D eigenvalue weighted by Gasteiger charge is 2.48. The second kappa shape index (κ2) is 3.33. The first-order valence-corrected chi connectivity index (χ1v) is 4.07. The van der Waals surface area contributed by atoms with E-state index in [0.717, 1.165) is 6.92 Å². The minimum absolute atomic E-state index is 1.02. The summed E-state index contributed by atoms with van der Waals surface area (Å²) in [7, 11) is -5.55. The fourth-order valence-electron chi connectivity index (χ4n) is 0.272. The molecule has 0 saturated heterocycles. The Morgan fingerprint density at radius 1 is 1.50 bits per heavy atom. The maximum atomic E-state index is 11.5. The molecule has 0 saturated carbocycles. The summed E-state index contributed by atoms with van der Waals surface area (Å²) >= 11 is 0. The van der Waals surface area contributed by atoms with Crippen LogP contribution < -0.4 is 0 Å². The Balaban J connectivity index is 4.60. The quantitative estimate of drug-likeness (QED) is 0.379. The predicted molar refractivity (Wildman–Crippen MR) is 34.4 cm³/mol. The van der Waals surface area contributed by atoms with Gasteiger partial charge in [0.15, 0.2) is 0 Å². The molecule has 0 bridgehead atoms. The number of halogens is 3. The summed E-state index contributed by atoms with van der Waals surface area (Å²) in [5.41, 5.74) is -5.42. The van der Waals surface area contributed by atoms with Gasteiger partial charge in [-0.1, -0.05) is 5.92 Å². The molecule has 0 spiro atoms. The third-order valence-corrected chi connectivity index (χ3v) is 1.90. The van der Waals surface area contributed by atoms with E-state index < -0.39 is 21.7 Å². The van der Waals surface area contributed by atoms with Crippen molar-refractivity contribution in [3.8, 4) is 12.3 Å². The molecule has 0 aromatic heterocycles. The molecular formula is C5H5F3O3S.